The van der Waals surface area contributed by atoms with Gasteiger partial charge in [0.15, 0.2) is 5.03 Å². The van der Waals surface area contributed by atoms with Crippen molar-refractivity contribution in [1.82, 2.24) is 9.78 Å². The number of rotatable bonds is 6. The normalized spacial score (nSPS) is 11.5. The topological polar surface area (TPSA) is 98.1 Å². The molecule has 0 saturated heterocycles. The molecule has 0 aliphatic heterocycles. The molecule has 1 amide bonds. The monoisotopic (exact) mass is 439 g/mol. The minimum atomic E-state index is -3.93. The lowest BCUT2D eigenvalue weighted by atomic mass is 10.0. The highest BCUT2D eigenvalue weighted by Gasteiger charge is 2.21. The fraction of sp³-hybridized carbons (Fsp3) is 0.261. The molecule has 0 radical (unpaired) electrons. The third-order valence-electron chi connectivity index (χ3n) is 4.77. The molecule has 0 aliphatic carbocycles. The summed E-state index contributed by atoms with van der Waals surface area (Å²) in [6.45, 7) is 7.46. The predicted molar refractivity (Wildman–Crippen MR) is 119 cm³/mol. The molecule has 8 heteroatoms. The number of nitrogens with zero attached hydrogens (tertiary/aromatic N) is 2. The van der Waals surface area contributed by atoms with Gasteiger partial charge in [-0.05, 0) is 66.8 Å². The van der Waals surface area contributed by atoms with Crippen molar-refractivity contribution in [3.05, 3.63) is 81.6 Å². The van der Waals surface area contributed by atoms with E-state index < -0.39 is 27.8 Å². The number of carbonyl (C=O) groups excluding carboxylic acids is 1. The summed E-state index contributed by atoms with van der Waals surface area (Å²) in [6, 6.07) is 14.4. The summed E-state index contributed by atoms with van der Waals surface area (Å²) >= 11 is 0. The van der Waals surface area contributed by atoms with Gasteiger partial charge in [-0.25, -0.2) is 13.1 Å². The minimum Gasteiger partial charge on any atom is -0.324 e. The van der Waals surface area contributed by atoms with Gasteiger partial charge in [0.25, 0.3) is 5.56 Å². The molecule has 0 bridgehead atoms. The van der Waals surface area contributed by atoms with Gasteiger partial charge in [-0.3, -0.25) is 9.59 Å². The van der Waals surface area contributed by atoms with Crippen LogP contribution in [0.2, 0.25) is 0 Å². The first-order chi connectivity index (χ1) is 14.6. The Hall–Kier alpha value is -3.26. The Bertz CT molecular complexity index is 1260. The quantitative estimate of drug-likeness (QED) is 0.634. The van der Waals surface area contributed by atoms with Crippen LogP contribution in [0.15, 0.2) is 69.3 Å². The summed E-state index contributed by atoms with van der Waals surface area (Å²) in [5.74, 6) is -0.206. The highest BCUT2D eigenvalue weighted by Crippen LogP contribution is 2.21. The summed E-state index contributed by atoms with van der Waals surface area (Å²) in [4.78, 5) is 24.7. The molecular weight excluding hydrogens is 414 g/mol. The first-order valence-corrected chi connectivity index (χ1v) is 11.4. The third kappa shape index (κ3) is 5.27. The van der Waals surface area contributed by atoms with Gasteiger partial charge in [0, 0.05) is 11.8 Å². The highest BCUT2D eigenvalue weighted by molar-refractivity contribution is 7.91. The standard InChI is InChI=1S/C23H25N3O4S/c1-15(2)18-5-7-20(8-6-18)31(29,30)22-9-10-23(28)26(25-22)14-21(27)24-19-12-16(3)11-17(4)13-19/h5-13,15H,14H2,1-4H3,(H,24,27). The highest BCUT2D eigenvalue weighted by atomic mass is 32.2. The van der Waals surface area contributed by atoms with Crippen LogP contribution in [0.3, 0.4) is 0 Å². The van der Waals surface area contributed by atoms with Crippen molar-refractivity contribution in [2.24, 2.45) is 0 Å². The van der Waals surface area contributed by atoms with E-state index in [9.17, 15) is 18.0 Å². The average molecular weight is 440 g/mol. The molecule has 0 fully saturated rings. The van der Waals surface area contributed by atoms with Crippen molar-refractivity contribution in [2.75, 3.05) is 5.32 Å². The van der Waals surface area contributed by atoms with Gasteiger partial charge in [0.1, 0.15) is 6.54 Å². The van der Waals surface area contributed by atoms with Gasteiger partial charge in [0.2, 0.25) is 15.7 Å². The summed E-state index contributed by atoms with van der Waals surface area (Å²) < 4.78 is 26.8. The zero-order valence-electron chi connectivity index (χ0n) is 17.9. The van der Waals surface area contributed by atoms with Gasteiger partial charge in [0.05, 0.1) is 4.90 Å². The number of sulfone groups is 1. The second kappa shape index (κ2) is 8.85. The van der Waals surface area contributed by atoms with Gasteiger partial charge in [-0.2, -0.15) is 5.10 Å². The summed E-state index contributed by atoms with van der Waals surface area (Å²) in [5, 5.41) is 6.38. The maximum atomic E-state index is 13.0. The van der Waals surface area contributed by atoms with Crippen LogP contribution in [0, 0.1) is 13.8 Å². The lowest BCUT2D eigenvalue weighted by molar-refractivity contribution is -0.117. The number of aryl methyl sites for hydroxylation is 2. The number of anilines is 1. The molecule has 0 spiro atoms. The Kier molecular flexibility index (Phi) is 6.40. The molecular formula is C23H25N3O4S. The van der Waals surface area contributed by atoms with E-state index in [1.807, 2.05) is 45.9 Å². The molecule has 1 N–H and O–H groups in total. The Morgan fingerprint density at radius 2 is 1.61 bits per heavy atom. The van der Waals surface area contributed by atoms with Crippen LogP contribution < -0.4 is 10.9 Å². The number of aromatic nitrogens is 2. The summed E-state index contributed by atoms with van der Waals surface area (Å²) in [5.41, 5.74) is 3.03. The lowest BCUT2D eigenvalue weighted by Crippen LogP contribution is -2.30. The minimum absolute atomic E-state index is 0.0780. The smallest absolute Gasteiger partial charge is 0.267 e. The van der Waals surface area contributed by atoms with E-state index in [1.165, 1.54) is 12.1 Å². The zero-order valence-corrected chi connectivity index (χ0v) is 18.7. The number of hydrogen-bond acceptors (Lipinski definition) is 5. The first-order valence-electron chi connectivity index (χ1n) is 9.87. The molecule has 0 atom stereocenters. The molecule has 0 aliphatic rings. The number of nitrogens with one attached hydrogen (secondary N) is 1. The van der Waals surface area contributed by atoms with Gasteiger partial charge in [-0.1, -0.05) is 32.0 Å². The van der Waals surface area contributed by atoms with Crippen LogP contribution in [-0.2, 0) is 21.2 Å². The molecule has 3 rings (SSSR count). The number of carbonyl (C=O) groups is 1. The van der Waals surface area contributed by atoms with Gasteiger partial charge in [-0.15, -0.1) is 0 Å². The molecule has 1 heterocycles. The maximum Gasteiger partial charge on any atom is 0.267 e. The van der Waals surface area contributed by atoms with Crippen LogP contribution in [-0.4, -0.2) is 24.1 Å². The van der Waals surface area contributed by atoms with E-state index in [4.69, 9.17) is 0 Å². The van der Waals surface area contributed by atoms with Crippen molar-refractivity contribution >= 4 is 21.4 Å². The molecule has 162 valence electrons. The third-order valence-corrected chi connectivity index (χ3v) is 6.43. The Balaban J connectivity index is 1.85. The van der Waals surface area contributed by atoms with E-state index >= 15 is 0 Å². The maximum absolute atomic E-state index is 13.0. The van der Waals surface area contributed by atoms with Gasteiger partial charge >= 0.3 is 0 Å². The van der Waals surface area contributed by atoms with Crippen LogP contribution >= 0.6 is 0 Å². The lowest BCUT2D eigenvalue weighted by Gasteiger charge is -2.10. The van der Waals surface area contributed by atoms with Crippen molar-refractivity contribution < 1.29 is 13.2 Å². The second-order valence-electron chi connectivity index (χ2n) is 7.82. The molecule has 1 aromatic heterocycles. The largest absolute Gasteiger partial charge is 0.324 e. The summed E-state index contributed by atoms with van der Waals surface area (Å²) in [7, 11) is -3.93. The molecule has 31 heavy (non-hydrogen) atoms. The number of amides is 1. The first kappa shape index (κ1) is 22.4. The number of benzene rings is 2. The zero-order chi connectivity index (χ0) is 22.8. The predicted octanol–water partition coefficient (Wildman–Crippen LogP) is 3.46. The fourth-order valence-electron chi connectivity index (χ4n) is 3.22. The SMILES string of the molecule is Cc1cc(C)cc(NC(=O)Cn2nc(S(=O)(=O)c3ccc(C(C)C)cc3)ccc2=O)c1. The summed E-state index contributed by atoms with van der Waals surface area (Å²) in [6.07, 6.45) is 0. The van der Waals surface area contributed by atoms with Crippen molar-refractivity contribution in [2.45, 2.75) is 50.1 Å². The Morgan fingerprint density at radius 1 is 1.00 bits per heavy atom. The number of hydrogen-bond donors (Lipinski definition) is 1. The van der Waals surface area contributed by atoms with Crippen molar-refractivity contribution in [3.63, 3.8) is 0 Å². The Morgan fingerprint density at radius 3 is 2.19 bits per heavy atom. The van der Waals surface area contributed by atoms with Crippen LogP contribution in [0.4, 0.5) is 5.69 Å². The van der Waals surface area contributed by atoms with E-state index in [2.05, 4.69) is 10.4 Å². The Labute approximate surface area is 181 Å². The van der Waals surface area contributed by atoms with Crippen LogP contribution in [0.1, 0.15) is 36.5 Å². The molecule has 0 saturated carbocycles. The van der Waals surface area contributed by atoms with E-state index in [0.29, 0.717) is 5.69 Å². The van der Waals surface area contributed by atoms with Crippen LogP contribution in [0.5, 0.6) is 0 Å². The molecule has 7 nitrogen and oxygen atoms in total. The van der Waals surface area contributed by atoms with Gasteiger partial charge < -0.3 is 5.32 Å². The fourth-order valence-corrected chi connectivity index (χ4v) is 4.41. The van der Waals surface area contributed by atoms with Crippen molar-refractivity contribution in [1.29, 1.82) is 0 Å². The van der Waals surface area contributed by atoms with Crippen molar-refractivity contribution in [3.8, 4) is 0 Å². The van der Waals surface area contributed by atoms with E-state index in [-0.39, 0.29) is 15.8 Å². The van der Waals surface area contributed by atoms with E-state index in [0.717, 1.165) is 33.5 Å². The molecule has 0 unspecified atom stereocenters. The molecule has 3 aromatic rings. The average Bonchev–Trinajstić information content (AvgIpc) is 2.68. The molecule has 2 aromatic carbocycles. The second-order valence-corrected chi connectivity index (χ2v) is 9.72. The van der Waals surface area contributed by atoms with E-state index in [1.54, 1.807) is 12.1 Å². The van der Waals surface area contributed by atoms with Crippen LogP contribution in [0.25, 0.3) is 0 Å².